The monoisotopic (exact) mass is 357 g/mol. The number of aryl methyl sites for hydroxylation is 1. The number of halogens is 2. The van der Waals surface area contributed by atoms with Gasteiger partial charge in [0, 0.05) is 15.6 Å². The molecular weight excluding hydrogens is 350 g/mol. The lowest BCUT2D eigenvalue weighted by Gasteiger charge is -2.05. The zero-order valence-corrected chi connectivity index (χ0v) is 13.0. The first kappa shape index (κ1) is 14.4. The van der Waals surface area contributed by atoms with Gasteiger partial charge in [0.1, 0.15) is 5.03 Å². The van der Waals surface area contributed by atoms with E-state index < -0.39 is 5.97 Å². The number of hydrogen-bond donors (Lipinski definition) is 1. The van der Waals surface area contributed by atoms with Gasteiger partial charge in [0.15, 0.2) is 0 Å². The van der Waals surface area contributed by atoms with Crippen molar-refractivity contribution in [3.8, 4) is 0 Å². The Morgan fingerprint density at radius 3 is 2.79 bits per heavy atom. The third-order valence-electron chi connectivity index (χ3n) is 2.41. The number of aromatic carboxylic acids is 1. The average Bonchev–Trinajstić information content (AvgIpc) is 2.36. The smallest absolute Gasteiger partial charge is 0.337 e. The topological polar surface area (TPSA) is 50.2 Å². The first-order chi connectivity index (χ1) is 8.97. The van der Waals surface area contributed by atoms with E-state index in [-0.39, 0.29) is 10.6 Å². The van der Waals surface area contributed by atoms with Gasteiger partial charge in [-0.3, -0.25) is 0 Å². The molecule has 0 unspecified atom stereocenters. The lowest BCUT2D eigenvalue weighted by molar-refractivity contribution is 0.0697. The Kier molecular flexibility index (Phi) is 4.50. The molecule has 19 heavy (non-hydrogen) atoms. The fraction of sp³-hybridized carbons (Fsp3) is 0.0769. The molecule has 0 atom stereocenters. The maximum atomic E-state index is 11.0. The zero-order chi connectivity index (χ0) is 14.0. The van der Waals surface area contributed by atoms with E-state index in [1.165, 1.54) is 11.8 Å². The summed E-state index contributed by atoms with van der Waals surface area (Å²) >= 11 is 10.6. The van der Waals surface area contributed by atoms with Crippen molar-refractivity contribution >= 4 is 45.3 Å². The molecular formula is C13H9BrClNO2S. The summed E-state index contributed by atoms with van der Waals surface area (Å²) in [5, 5.41) is 10.1. The fourth-order valence-corrected chi connectivity index (χ4v) is 2.73. The number of aromatic nitrogens is 1. The van der Waals surface area contributed by atoms with Crippen LogP contribution in [0.3, 0.4) is 0 Å². The molecule has 0 aliphatic rings. The Morgan fingerprint density at radius 2 is 2.16 bits per heavy atom. The first-order valence-corrected chi connectivity index (χ1v) is 7.29. The summed E-state index contributed by atoms with van der Waals surface area (Å²) in [5.41, 5.74) is 1.17. The zero-order valence-electron chi connectivity index (χ0n) is 9.85. The lowest BCUT2D eigenvalue weighted by Crippen LogP contribution is -1.97. The molecule has 1 aromatic carbocycles. The molecule has 0 radical (unpaired) electrons. The Labute approximate surface area is 128 Å². The summed E-state index contributed by atoms with van der Waals surface area (Å²) in [5.74, 6) is -1.03. The summed E-state index contributed by atoms with van der Waals surface area (Å²) in [7, 11) is 0. The van der Waals surface area contributed by atoms with Crippen LogP contribution in [0.1, 0.15) is 15.9 Å². The second-order valence-electron chi connectivity index (χ2n) is 3.82. The highest BCUT2D eigenvalue weighted by Crippen LogP contribution is 2.30. The summed E-state index contributed by atoms with van der Waals surface area (Å²) in [6.07, 6.45) is 1.73. The van der Waals surface area contributed by atoms with E-state index in [4.69, 9.17) is 16.7 Å². The number of rotatable bonds is 3. The Morgan fingerprint density at radius 1 is 1.42 bits per heavy atom. The third kappa shape index (κ3) is 3.49. The molecule has 1 aromatic heterocycles. The van der Waals surface area contributed by atoms with Crippen molar-refractivity contribution in [3.63, 3.8) is 0 Å². The summed E-state index contributed by atoms with van der Waals surface area (Å²) in [4.78, 5) is 16.1. The van der Waals surface area contributed by atoms with E-state index in [0.29, 0.717) is 0 Å². The molecule has 0 fully saturated rings. The van der Waals surface area contributed by atoms with Gasteiger partial charge in [0.05, 0.1) is 10.6 Å². The largest absolute Gasteiger partial charge is 0.478 e. The van der Waals surface area contributed by atoms with Crippen LogP contribution < -0.4 is 0 Å². The standard InChI is InChI=1S/C13H9BrClNO2S/c1-7-4-12(16-6-10(7)14)19-8-2-3-11(15)9(5-8)13(17)18/h2-6H,1H3,(H,17,18). The van der Waals surface area contributed by atoms with Crippen LogP contribution in [0.5, 0.6) is 0 Å². The highest BCUT2D eigenvalue weighted by molar-refractivity contribution is 9.10. The van der Waals surface area contributed by atoms with Gasteiger partial charge in [-0.2, -0.15) is 0 Å². The maximum absolute atomic E-state index is 11.0. The Bertz CT molecular complexity index is 649. The first-order valence-electron chi connectivity index (χ1n) is 5.30. The van der Waals surface area contributed by atoms with Gasteiger partial charge < -0.3 is 5.11 Å². The van der Waals surface area contributed by atoms with E-state index in [1.54, 1.807) is 24.4 Å². The van der Waals surface area contributed by atoms with Crippen molar-refractivity contribution < 1.29 is 9.90 Å². The van der Waals surface area contributed by atoms with Crippen LogP contribution in [0.15, 0.2) is 44.9 Å². The molecule has 98 valence electrons. The summed E-state index contributed by atoms with van der Waals surface area (Å²) < 4.78 is 0.944. The average molecular weight is 359 g/mol. The van der Waals surface area contributed by atoms with Gasteiger partial charge in [0.2, 0.25) is 0 Å². The van der Waals surface area contributed by atoms with Crippen molar-refractivity contribution in [3.05, 3.63) is 51.1 Å². The molecule has 0 saturated carbocycles. The molecule has 0 bridgehead atoms. The van der Waals surface area contributed by atoms with Crippen molar-refractivity contribution in [1.82, 2.24) is 4.98 Å². The van der Waals surface area contributed by atoms with E-state index in [0.717, 1.165) is 20.0 Å². The van der Waals surface area contributed by atoms with E-state index in [9.17, 15) is 4.79 Å². The number of carbonyl (C=O) groups is 1. The van der Waals surface area contributed by atoms with Crippen LogP contribution in [0.4, 0.5) is 0 Å². The van der Waals surface area contributed by atoms with Gasteiger partial charge in [-0.15, -0.1) is 0 Å². The van der Waals surface area contributed by atoms with E-state index in [1.807, 2.05) is 13.0 Å². The van der Waals surface area contributed by atoms with Crippen molar-refractivity contribution in [2.45, 2.75) is 16.8 Å². The summed E-state index contributed by atoms with van der Waals surface area (Å²) in [6, 6.07) is 6.84. The second kappa shape index (κ2) is 5.94. The molecule has 0 spiro atoms. The molecule has 1 N–H and O–H groups in total. The molecule has 1 heterocycles. The Hall–Kier alpha value is -1.04. The minimum atomic E-state index is -1.03. The van der Waals surface area contributed by atoms with Gasteiger partial charge >= 0.3 is 5.97 Å². The molecule has 0 aliphatic heterocycles. The lowest BCUT2D eigenvalue weighted by atomic mass is 10.2. The number of carboxylic acid groups (broad SMARTS) is 1. The van der Waals surface area contributed by atoms with E-state index >= 15 is 0 Å². The van der Waals surface area contributed by atoms with Gasteiger partial charge in [-0.25, -0.2) is 9.78 Å². The summed E-state index contributed by atoms with van der Waals surface area (Å²) in [6.45, 7) is 1.97. The van der Waals surface area contributed by atoms with Crippen molar-refractivity contribution in [2.75, 3.05) is 0 Å². The minimum absolute atomic E-state index is 0.0977. The molecule has 3 nitrogen and oxygen atoms in total. The molecule has 6 heteroatoms. The number of pyridine rings is 1. The quantitative estimate of drug-likeness (QED) is 0.867. The van der Waals surface area contributed by atoms with Gasteiger partial charge in [-0.05, 0) is 52.7 Å². The van der Waals surface area contributed by atoms with Crippen LogP contribution in [-0.4, -0.2) is 16.1 Å². The van der Waals surface area contributed by atoms with Crippen molar-refractivity contribution in [2.24, 2.45) is 0 Å². The highest BCUT2D eigenvalue weighted by Gasteiger charge is 2.10. The Balaban J connectivity index is 2.30. The van der Waals surface area contributed by atoms with Crippen molar-refractivity contribution in [1.29, 1.82) is 0 Å². The highest BCUT2D eigenvalue weighted by atomic mass is 79.9. The minimum Gasteiger partial charge on any atom is -0.478 e. The third-order valence-corrected chi connectivity index (χ3v) is 4.49. The van der Waals surface area contributed by atoms with Crippen LogP contribution in [-0.2, 0) is 0 Å². The SMILES string of the molecule is Cc1cc(Sc2ccc(Cl)c(C(=O)O)c2)ncc1Br. The molecule has 0 amide bonds. The molecule has 2 rings (SSSR count). The predicted molar refractivity (Wildman–Crippen MR) is 79.2 cm³/mol. The van der Waals surface area contributed by atoms with Gasteiger partial charge in [0.25, 0.3) is 0 Å². The van der Waals surface area contributed by atoms with Crippen LogP contribution in [0.2, 0.25) is 5.02 Å². The maximum Gasteiger partial charge on any atom is 0.337 e. The van der Waals surface area contributed by atoms with Crippen LogP contribution in [0.25, 0.3) is 0 Å². The predicted octanol–water partition coefficient (Wildman–Crippen LogP) is 4.66. The van der Waals surface area contributed by atoms with Crippen LogP contribution >= 0.6 is 39.3 Å². The molecule has 2 aromatic rings. The normalized spacial score (nSPS) is 10.5. The number of hydrogen-bond acceptors (Lipinski definition) is 3. The van der Waals surface area contributed by atoms with E-state index in [2.05, 4.69) is 20.9 Å². The second-order valence-corrected chi connectivity index (χ2v) is 6.18. The molecule has 0 aliphatic carbocycles. The number of carboxylic acids is 1. The number of nitrogens with zero attached hydrogens (tertiary/aromatic N) is 1. The van der Waals surface area contributed by atoms with Gasteiger partial charge in [-0.1, -0.05) is 23.4 Å². The van der Waals surface area contributed by atoms with Crippen LogP contribution in [0, 0.1) is 6.92 Å². The molecule has 0 saturated heterocycles. The fourth-order valence-electron chi connectivity index (χ4n) is 1.42. The number of benzene rings is 1.